The van der Waals surface area contributed by atoms with Gasteiger partial charge in [0, 0.05) is 6.54 Å². The van der Waals surface area contributed by atoms with Crippen LogP contribution in [0.25, 0.3) is 0 Å². The third-order valence-corrected chi connectivity index (χ3v) is 4.63. The number of hydrogen-bond donors (Lipinski definition) is 1. The van der Waals surface area contributed by atoms with Crippen LogP contribution in [0, 0.1) is 18.8 Å². The van der Waals surface area contributed by atoms with Crippen LogP contribution < -0.4 is 5.73 Å². The lowest BCUT2D eigenvalue weighted by Crippen LogP contribution is -2.22. The SMILES string of the molecule is CCn1nc(C)c(Cl)c1COCC1CCCC1CN. The first-order valence-corrected chi connectivity index (χ1v) is 7.54. The van der Waals surface area contributed by atoms with E-state index >= 15 is 0 Å². The molecule has 5 heteroatoms. The van der Waals surface area contributed by atoms with E-state index in [-0.39, 0.29) is 0 Å². The Hall–Kier alpha value is -0.580. The van der Waals surface area contributed by atoms with Crippen molar-refractivity contribution in [3.63, 3.8) is 0 Å². The zero-order valence-electron chi connectivity index (χ0n) is 11.9. The summed E-state index contributed by atoms with van der Waals surface area (Å²) in [6.45, 7) is 6.92. The van der Waals surface area contributed by atoms with Crippen LogP contribution in [0.15, 0.2) is 0 Å². The highest BCUT2D eigenvalue weighted by molar-refractivity contribution is 6.31. The van der Waals surface area contributed by atoms with Gasteiger partial charge in [0.25, 0.3) is 0 Å². The molecule has 1 saturated carbocycles. The molecule has 2 N–H and O–H groups in total. The minimum atomic E-state index is 0.543. The van der Waals surface area contributed by atoms with E-state index in [0.717, 1.165) is 36.1 Å². The van der Waals surface area contributed by atoms with Gasteiger partial charge >= 0.3 is 0 Å². The monoisotopic (exact) mass is 285 g/mol. The summed E-state index contributed by atoms with van der Waals surface area (Å²) in [7, 11) is 0. The number of aromatic nitrogens is 2. The second kappa shape index (κ2) is 6.73. The van der Waals surface area contributed by atoms with Gasteiger partial charge in [0.1, 0.15) is 0 Å². The van der Waals surface area contributed by atoms with E-state index in [1.165, 1.54) is 19.3 Å². The summed E-state index contributed by atoms with van der Waals surface area (Å²) >= 11 is 6.26. The smallest absolute Gasteiger partial charge is 0.0900 e. The summed E-state index contributed by atoms with van der Waals surface area (Å²) in [5, 5.41) is 5.13. The lowest BCUT2D eigenvalue weighted by atomic mass is 9.97. The van der Waals surface area contributed by atoms with Crippen molar-refractivity contribution in [3.8, 4) is 0 Å². The molecule has 1 aromatic rings. The van der Waals surface area contributed by atoms with E-state index in [9.17, 15) is 0 Å². The normalized spacial score (nSPS) is 23.2. The number of halogens is 1. The quantitative estimate of drug-likeness (QED) is 0.874. The summed E-state index contributed by atoms with van der Waals surface area (Å²) in [5.41, 5.74) is 7.66. The summed E-state index contributed by atoms with van der Waals surface area (Å²) in [5.74, 6) is 1.25. The number of hydrogen-bond acceptors (Lipinski definition) is 3. The molecular formula is C14H24ClN3O. The zero-order chi connectivity index (χ0) is 13.8. The number of nitrogens with zero attached hydrogens (tertiary/aromatic N) is 2. The lowest BCUT2D eigenvalue weighted by molar-refractivity contribution is 0.0712. The lowest BCUT2D eigenvalue weighted by Gasteiger charge is -2.18. The van der Waals surface area contributed by atoms with Gasteiger partial charge in [-0.05, 0) is 45.1 Å². The predicted octanol–water partition coefficient (Wildman–Crippen LogP) is 2.76. The maximum absolute atomic E-state index is 6.26. The molecular weight excluding hydrogens is 262 g/mol. The summed E-state index contributed by atoms with van der Waals surface area (Å²) < 4.78 is 7.79. The Balaban J connectivity index is 1.89. The molecule has 0 aromatic carbocycles. The zero-order valence-corrected chi connectivity index (χ0v) is 12.6. The Morgan fingerprint density at radius 1 is 1.42 bits per heavy atom. The highest BCUT2D eigenvalue weighted by Crippen LogP contribution is 2.31. The van der Waals surface area contributed by atoms with E-state index in [1.54, 1.807) is 0 Å². The van der Waals surface area contributed by atoms with Gasteiger partial charge in [-0.1, -0.05) is 18.0 Å². The second-order valence-corrected chi connectivity index (χ2v) is 5.74. The molecule has 0 amide bonds. The molecule has 1 fully saturated rings. The first kappa shape index (κ1) is 14.8. The Morgan fingerprint density at radius 2 is 2.16 bits per heavy atom. The van der Waals surface area contributed by atoms with E-state index in [0.29, 0.717) is 18.4 Å². The molecule has 0 bridgehead atoms. The maximum Gasteiger partial charge on any atom is 0.0900 e. The molecule has 0 spiro atoms. The summed E-state index contributed by atoms with van der Waals surface area (Å²) in [6, 6.07) is 0. The van der Waals surface area contributed by atoms with Gasteiger partial charge in [-0.2, -0.15) is 5.10 Å². The molecule has 19 heavy (non-hydrogen) atoms. The van der Waals surface area contributed by atoms with Crippen molar-refractivity contribution in [1.82, 2.24) is 9.78 Å². The molecule has 1 heterocycles. The molecule has 0 saturated heterocycles. The van der Waals surface area contributed by atoms with Crippen LogP contribution in [-0.4, -0.2) is 22.9 Å². The van der Waals surface area contributed by atoms with Crippen molar-refractivity contribution in [1.29, 1.82) is 0 Å². The van der Waals surface area contributed by atoms with Crippen LogP contribution in [-0.2, 0) is 17.9 Å². The molecule has 2 atom stereocenters. The Kier molecular flexibility index (Phi) is 5.25. The minimum absolute atomic E-state index is 0.543. The van der Waals surface area contributed by atoms with Gasteiger partial charge in [0.15, 0.2) is 0 Å². The van der Waals surface area contributed by atoms with Crippen molar-refractivity contribution < 1.29 is 4.74 Å². The number of ether oxygens (including phenoxy) is 1. The largest absolute Gasteiger partial charge is 0.375 e. The standard InChI is InChI=1S/C14H24ClN3O/c1-3-18-13(14(15)10(2)17-18)9-19-8-12-6-4-5-11(12)7-16/h11-12H,3-9,16H2,1-2H3. The molecule has 2 rings (SSSR count). The molecule has 0 radical (unpaired) electrons. The molecule has 1 aliphatic rings. The summed E-state index contributed by atoms with van der Waals surface area (Å²) in [6.07, 6.45) is 3.77. The van der Waals surface area contributed by atoms with Crippen LogP contribution in [0.4, 0.5) is 0 Å². The van der Waals surface area contributed by atoms with Gasteiger partial charge in [0.05, 0.1) is 29.6 Å². The minimum Gasteiger partial charge on any atom is -0.375 e. The fourth-order valence-corrected chi connectivity index (χ4v) is 3.15. The highest BCUT2D eigenvalue weighted by atomic mass is 35.5. The molecule has 0 aliphatic heterocycles. The topological polar surface area (TPSA) is 53.1 Å². The Bertz CT molecular complexity index is 419. The summed E-state index contributed by atoms with van der Waals surface area (Å²) in [4.78, 5) is 0. The number of aryl methyl sites for hydroxylation is 2. The Morgan fingerprint density at radius 3 is 2.84 bits per heavy atom. The van der Waals surface area contributed by atoms with Crippen molar-refractivity contribution in [2.45, 2.75) is 46.3 Å². The van der Waals surface area contributed by atoms with E-state index < -0.39 is 0 Å². The molecule has 4 nitrogen and oxygen atoms in total. The fourth-order valence-electron chi connectivity index (χ4n) is 2.96. The first-order valence-electron chi connectivity index (χ1n) is 7.17. The van der Waals surface area contributed by atoms with Crippen LogP contribution >= 0.6 is 11.6 Å². The number of nitrogens with two attached hydrogens (primary N) is 1. The number of rotatable bonds is 6. The van der Waals surface area contributed by atoms with Crippen molar-refractivity contribution >= 4 is 11.6 Å². The van der Waals surface area contributed by atoms with Crippen molar-refractivity contribution in [2.75, 3.05) is 13.2 Å². The first-order chi connectivity index (χ1) is 9.17. The average molecular weight is 286 g/mol. The van der Waals surface area contributed by atoms with Gasteiger partial charge in [-0.15, -0.1) is 0 Å². The third-order valence-electron chi connectivity index (χ3n) is 4.14. The third kappa shape index (κ3) is 3.30. The van der Waals surface area contributed by atoms with Gasteiger partial charge in [-0.3, -0.25) is 4.68 Å². The highest BCUT2D eigenvalue weighted by Gasteiger charge is 2.26. The van der Waals surface area contributed by atoms with E-state index in [1.807, 2.05) is 11.6 Å². The van der Waals surface area contributed by atoms with Gasteiger partial charge in [0.2, 0.25) is 0 Å². The predicted molar refractivity (Wildman–Crippen MR) is 77.2 cm³/mol. The van der Waals surface area contributed by atoms with Crippen LogP contribution in [0.5, 0.6) is 0 Å². The molecule has 2 unspecified atom stereocenters. The van der Waals surface area contributed by atoms with Crippen molar-refractivity contribution in [3.05, 3.63) is 16.4 Å². The average Bonchev–Trinajstić information content (AvgIpc) is 2.97. The fraction of sp³-hybridized carbons (Fsp3) is 0.786. The van der Waals surface area contributed by atoms with Crippen LogP contribution in [0.3, 0.4) is 0 Å². The van der Waals surface area contributed by atoms with Gasteiger partial charge < -0.3 is 10.5 Å². The molecule has 1 aromatic heterocycles. The molecule has 108 valence electrons. The van der Waals surface area contributed by atoms with Gasteiger partial charge in [-0.25, -0.2) is 0 Å². The van der Waals surface area contributed by atoms with E-state index in [2.05, 4.69) is 12.0 Å². The molecule has 1 aliphatic carbocycles. The maximum atomic E-state index is 6.26. The van der Waals surface area contributed by atoms with E-state index in [4.69, 9.17) is 22.1 Å². The second-order valence-electron chi connectivity index (χ2n) is 5.36. The van der Waals surface area contributed by atoms with Crippen LogP contribution in [0.2, 0.25) is 5.02 Å². The van der Waals surface area contributed by atoms with Crippen molar-refractivity contribution in [2.24, 2.45) is 17.6 Å². The van der Waals surface area contributed by atoms with Crippen LogP contribution in [0.1, 0.15) is 37.6 Å². The Labute approximate surface area is 120 Å².